The van der Waals surface area contributed by atoms with Gasteiger partial charge in [-0.2, -0.15) is 5.26 Å². The topological polar surface area (TPSA) is 202 Å². The summed E-state index contributed by atoms with van der Waals surface area (Å²) in [6.45, 7) is -0.577. The van der Waals surface area contributed by atoms with Gasteiger partial charge in [-0.05, 0) is 0 Å². The average Bonchev–Trinajstić information content (AvgIpc) is 2.81. The third-order valence-corrected chi connectivity index (χ3v) is 3.14. The molecule has 0 radical (unpaired) electrons. The molecule has 122 valence electrons. The van der Waals surface area contributed by atoms with E-state index in [4.69, 9.17) is 32.1 Å². The van der Waals surface area contributed by atoms with E-state index >= 15 is 0 Å². The molecule has 0 aromatic heterocycles. The fourth-order valence-electron chi connectivity index (χ4n) is 1.90. The highest BCUT2D eigenvalue weighted by Crippen LogP contribution is 2.23. The van der Waals surface area contributed by atoms with Crippen LogP contribution >= 0.6 is 0 Å². The molecule has 0 saturated carbocycles. The average molecular weight is 314 g/mol. The van der Waals surface area contributed by atoms with Crippen molar-refractivity contribution in [1.82, 2.24) is 10.3 Å². The SMILES string of the molecule is CN/C(C(=O)N(N)C1OC(CO)C(O)C1O)=C(/N)C(=N)C#N. The second-order valence-electron chi connectivity index (χ2n) is 4.47. The molecule has 1 rings (SSSR count). The highest BCUT2D eigenvalue weighted by molar-refractivity contribution is 6.13. The highest BCUT2D eigenvalue weighted by Gasteiger charge is 2.46. The number of amides is 1. The van der Waals surface area contributed by atoms with Gasteiger partial charge >= 0.3 is 0 Å². The van der Waals surface area contributed by atoms with Crippen molar-refractivity contribution in [1.29, 1.82) is 10.7 Å². The number of hydrazine groups is 1. The molecule has 11 heteroatoms. The standard InChI is InChI=1S/C11H18N6O5/c1-16-7(6(14)4(13)2-12)10(21)17(15)11-9(20)8(19)5(3-18)22-11/h5,8-9,11,13,16,18-20H,3,14-15H2,1H3/b7-6+,13-4?. The molecule has 9 N–H and O–H groups in total. The number of nitriles is 1. The summed E-state index contributed by atoms with van der Waals surface area (Å²) < 4.78 is 5.10. The molecular weight excluding hydrogens is 296 g/mol. The first-order chi connectivity index (χ1) is 10.3. The summed E-state index contributed by atoms with van der Waals surface area (Å²) in [5.74, 6) is 4.61. The molecule has 22 heavy (non-hydrogen) atoms. The van der Waals surface area contributed by atoms with Gasteiger partial charge < -0.3 is 31.1 Å². The van der Waals surface area contributed by atoms with Crippen molar-refractivity contribution in [3.63, 3.8) is 0 Å². The minimum Gasteiger partial charge on any atom is -0.395 e. The van der Waals surface area contributed by atoms with E-state index in [0.29, 0.717) is 5.01 Å². The first-order valence-electron chi connectivity index (χ1n) is 6.17. The van der Waals surface area contributed by atoms with Crippen LogP contribution < -0.4 is 16.9 Å². The Morgan fingerprint density at radius 2 is 2.09 bits per heavy atom. The van der Waals surface area contributed by atoms with E-state index in [2.05, 4.69) is 5.32 Å². The Morgan fingerprint density at radius 3 is 2.50 bits per heavy atom. The monoisotopic (exact) mass is 314 g/mol. The third-order valence-electron chi connectivity index (χ3n) is 3.14. The number of likely N-dealkylation sites (N-methyl/N-ethyl adjacent to an activating group) is 1. The number of hydrogen-bond donors (Lipinski definition) is 7. The van der Waals surface area contributed by atoms with E-state index in [1.807, 2.05) is 0 Å². The number of ether oxygens (including phenoxy) is 1. The molecule has 1 saturated heterocycles. The van der Waals surface area contributed by atoms with Crippen LogP contribution in [-0.2, 0) is 9.53 Å². The molecule has 0 spiro atoms. The summed E-state index contributed by atoms with van der Waals surface area (Å²) >= 11 is 0. The van der Waals surface area contributed by atoms with Gasteiger partial charge in [-0.15, -0.1) is 0 Å². The van der Waals surface area contributed by atoms with Crippen molar-refractivity contribution in [3.8, 4) is 6.07 Å². The van der Waals surface area contributed by atoms with Crippen LogP contribution in [0.5, 0.6) is 0 Å². The predicted octanol–water partition coefficient (Wildman–Crippen LogP) is -3.94. The Kier molecular flexibility index (Phi) is 5.80. The minimum absolute atomic E-state index is 0.341. The van der Waals surface area contributed by atoms with Gasteiger partial charge in [-0.25, -0.2) is 10.9 Å². The Bertz CT molecular complexity index is 530. The summed E-state index contributed by atoms with van der Waals surface area (Å²) in [5, 5.41) is 47.2. The van der Waals surface area contributed by atoms with Gasteiger partial charge in [0.25, 0.3) is 5.91 Å². The van der Waals surface area contributed by atoms with Gasteiger partial charge in [0.2, 0.25) is 0 Å². The smallest absolute Gasteiger partial charge is 0.288 e. The van der Waals surface area contributed by atoms with E-state index < -0.39 is 48.5 Å². The number of nitrogens with two attached hydrogens (primary N) is 2. The molecule has 4 unspecified atom stereocenters. The summed E-state index contributed by atoms with van der Waals surface area (Å²) in [6, 6.07) is 1.47. The molecule has 11 nitrogen and oxygen atoms in total. The van der Waals surface area contributed by atoms with Crippen molar-refractivity contribution in [2.24, 2.45) is 11.6 Å². The molecule has 4 atom stereocenters. The molecule has 1 aliphatic heterocycles. The lowest BCUT2D eigenvalue weighted by Crippen LogP contribution is -2.53. The van der Waals surface area contributed by atoms with E-state index in [-0.39, 0.29) is 5.70 Å². The van der Waals surface area contributed by atoms with Gasteiger partial charge in [0, 0.05) is 7.05 Å². The van der Waals surface area contributed by atoms with Crippen LogP contribution in [0.3, 0.4) is 0 Å². The lowest BCUT2D eigenvalue weighted by molar-refractivity contribution is -0.150. The van der Waals surface area contributed by atoms with Crippen LogP contribution in [0.4, 0.5) is 0 Å². The number of rotatable bonds is 5. The lowest BCUT2D eigenvalue weighted by atomic mass is 10.1. The minimum atomic E-state index is -1.54. The Morgan fingerprint density at radius 1 is 1.50 bits per heavy atom. The maximum absolute atomic E-state index is 12.2. The van der Waals surface area contributed by atoms with E-state index in [9.17, 15) is 15.0 Å². The number of allylic oxidation sites excluding steroid dienone is 1. The van der Waals surface area contributed by atoms with Gasteiger partial charge in [0.1, 0.15) is 30.1 Å². The number of carbonyl (C=O) groups excluding carboxylic acids is 1. The number of hydrogen-bond acceptors (Lipinski definition) is 10. The van der Waals surface area contributed by atoms with E-state index in [0.717, 1.165) is 0 Å². The first-order valence-corrected chi connectivity index (χ1v) is 6.17. The first kappa shape index (κ1) is 17.8. The molecule has 0 aromatic rings. The fourth-order valence-corrected chi connectivity index (χ4v) is 1.90. The van der Waals surface area contributed by atoms with Crippen LogP contribution in [-0.4, -0.2) is 70.1 Å². The Balaban J connectivity index is 3.02. The fraction of sp³-hybridized carbons (Fsp3) is 0.545. The molecular formula is C11H18N6O5. The molecule has 1 heterocycles. The van der Waals surface area contributed by atoms with Crippen LogP contribution in [0.15, 0.2) is 11.4 Å². The molecule has 0 aromatic carbocycles. The molecule has 1 aliphatic rings. The summed E-state index contributed by atoms with van der Waals surface area (Å²) in [5.41, 5.74) is 4.09. The Labute approximate surface area is 125 Å². The molecule has 1 fully saturated rings. The summed E-state index contributed by atoms with van der Waals surface area (Å²) in [6.07, 6.45) is -5.49. The van der Waals surface area contributed by atoms with Crippen LogP contribution in [0.2, 0.25) is 0 Å². The zero-order valence-electron chi connectivity index (χ0n) is 11.7. The second-order valence-corrected chi connectivity index (χ2v) is 4.47. The van der Waals surface area contributed by atoms with Crippen LogP contribution in [0.1, 0.15) is 0 Å². The number of nitrogens with zero attached hydrogens (tertiary/aromatic N) is 2. The van der Waals surface area contributed by atoms with Crippen molar-refractivity contribution >= 4 is 11.6 Å². The largest absolute Gasteiger partial charge is 0.395 e. The number of aliphatic hydroxyl groups excluding tert-OH is 3. The van der Waals surface area contributed by atoms with Crippen LogP contribution in [0.25, 0.3) is 0 Å². The van der Waals surface area contributed by atoms with E-state index in [1.165, 1.54) is 13.1 Å². The summed E-state index contributed by atoms with van der Waals surface area (Å²) in [4.78, 5) is 12.2. The van der Waals surface area contributed by atoms with Gasteiger partial charge in [0.15, 0.2) is 11.9 Å². The maximum Gasteiger partial charge on any atom is 0.288 e. The van der Waals surface area contributed by atoms with Gasteiger partial charge in [0.05, 0.1) is 12.3 Å². The van der Waals surface area contributed by atoms with Crippen molar-refractivity contribution in [3.05, 3.63) is 11.4 Å². The predicted molar refractivity (Wildman–Crippen MR) is 72.4 cm³/mol. The third kappa shape index (κ3) is 3.16. The normalized spacial score (nSPS) is 28.5. The van der Waals surface area contributed by atoms with Crippen LogP contribution in [0, 0.1) is 16.7 Å². The summed E-state index contributed by atoms with van der Waals surface area (Å²) in [7, 11) is 1.33. The number of nitrogens with one attached hydrogen (secondary N) is 2. The molecule has 0 bridgehead atoms. The van der Waals surface area contributed by atoms with Gasteiger partial charge in [-0.1, -0.05) is 0 Å². The lowest BCUT2D eigenvalue weighted by Gasteiger charge is -2.26. The zero-order valence-corrected chi connectivity index (χ0v) is 11.7. The Hall–Kier alpha value is -2.23. The zero-order chi connectivity index (χ0) is 17.0. The highest BCUT2D eigenvalue weighted by atomic mass is 16.6. The second kappa shape index (κ2) is 7.16. The van der Waals surface area contributed by atoms with E-state index in [1.54, 1.807) is 0 Å². The number of aliphatic hydroxyl groups is 3. The van der Waals surface area contributed by atoms with Gasteiger partial charge in [-0.3, -0.25) is 10.2 Å². The number of carbonyl (C=O) groups is 1. The molecule has 1 amide bonds. The maximum atomic E-state index is 12.2. The van der Waals surface area contributed by atoms with Crippen molar-refractivity contribution < 1.29 is 24.9 Å². The quantitative estimate of drug-likeness (QED) is 0.0868. The molecule has 0 aliphatic carbocycles. The van der Waals surface area contributed by atoms with Crippen molar-refractivity contribution in [2.45, 2.75) is 24.5 Å². The van der Waals surface area contributed by atoms with Crippen molar-refractivity contribution in [2.75, 3.05) is 13.7 Å².